The lowest BCUT2D eigenvalue weighted by Gasteiger charge is -2.58. The van der Waals surface area contributed by atoms with Gasteiger partial charge < -0.3 is 9.64 Å². The van der Waals surface area contributed by atoms with E-state index >= 15 is 0 Å². The van der Waals surface area contributed by atoms with E-state index in [0.717, 1.165) is 19.4 Å². The molecule has 7 nitrogen and oxygen atoms in total. The largest absolute Gasteiger partial charge is 0.475 e. The van der Waals surface area contributed by atoms with Crippen LogP contribution in [0.3, 0.4) is 0 Å². The van der Waals surface area contributed by atoms with E-state index < -0.39 is 5.82 Å². The fourth-order valence-electron chi connectivity index (χ4n) is 4.00. The van der Waals surface area contributed by atoms with Crippen LogP contribution in [-0.4, -0.2) is 69.7 Å². The number of likely N-dealkylation sites (tertiary alicyclic amines) is 2. The second-order valence-corrected chi connectivity index (χ2v) is 7.40. The number of carbonyl (C=O) groups excluding carboxylic acids is 1. The van der Waals surface area contributed by atoms with Gasteiger partial charge in [0.1, 0.15) is 0 Å². The standard InChI is InChI=1S/C19H22FN5O2/c1-24-8-5-14(11-27-17-16(20)3-2-6-21-17)9-19(24)12-25(13-19)18(26)15-4-7-22-23-10-15/h2-4,6-7,10,14H,5,8-9,11-13H2,1H3. The van der Waals surface area contributed by atoms with Crippen LogP contribution in [0.4, 0.5) is 4.39 Å². The summed E-state index contributed by atoms with van der Waals surface area (Å²) in [5, 5.41) is 7.49. The molecule has 1 unspecified atom stereocenters. The van der Waals surface area contributed by atoms with Gasteiger partial charge in [0.2, 0.25) is 5.88 Å². The first-order chi connectivity index (χ1) is 13.1. The molecule has 8 heteroatoms. The molecule has 0 radical (unpaired) electrons. The zero-order chi connectivity index (χ0) is 18.9. The zero-order valence-corrected chi connectivity index (χ0v) is 15.2. The number of nitrogens with zero attached hydrogens (tertiary/aromatic N) is 5. The summed E-state index contributed by atoms with van der Waals surface area (Å²) in [6.07, 6.45) is 6.44. The lowest BCUT2D eigenvalue weighted by atomic mass is 9.75. The highest BCUT2D eigenvalue weighted by Crippen LogP contribution is 2.39. The van der Waals surface area contributed by atoms with Gasteiger partial charge in [0.25, 0.3) is 5.91 Å². The van der Waals surface area contributed by atoms with E-state index in [-0.39, 0.29) is 17.3 Å². The van der Waals surface area contributed by atoms with E-state index in [4.69, 9.17) is 4.74 Å². The molecular formula is C19H22FN5O2. The van der Waals surface area contributed by atoms with Gasteiger partial charge in [-0.3, -0.25) is 9.69 Å². The Kier molecular flexibility index (Phi) is 4.73. The van der Waals surface area contributed by atoms with Gasteiger partial charge in [0.05, 0.1) is 30.1 Å². The molecule has 2 fully saturated rings. The maximum atomic E-state index is 13.7. The van der Waals surface area contributed by atoms with Crippen molar-refractivity contribution < 1.29 is 13.9 Å². The van der Waals surface area contributed by atoms with Gasteiger partial charge in [0.15, 0.2) is 5.82 Å². The molecule has 1 atom stereocenters. The van der Waals surface area contributed by atoms with Gasteiger partial charge in [-0.05, 0) is 50.6 Å². The van der Waals surface area contributed by atoms with Gasteiger partial charge in [0, 0.05) is 19.3 Å². The molecule has 1 spiro atoms. The van der Waals surface area contributed by atoms with Crippen LogP contribution in [0, 0.1) is 11.7 Å². The Morgan fingerprint density at radius 3 is 2.93 bits per heavy atom. The lowest BCUT2D eigenvalue weighted by molar-refractivity contribution is -0.0697. The molecule has 4 rings (SSSR count). The van der Waals surface area contributed by atoms with E-state index in [9.17, 15) is 9.18 Å². The number of hydrogen-bond donors (Lipinski definition) is 0. The number of amides is 1. The molecule has 1 amide bonds. The average molecular weight is 371 g/mol. The fourth-order valence-corrected chi connectivity index (χ4v) is 4.00. The number of hydrogen-bond acceptors (Lipinski definition) is 6. The minimum atomic E-state index is -0.438. The van der Waals surface area contributed by atoms with Crippen LogP contribution in [0.15, 0.2) is 36.8 Å². The van der Waals surface area contributed by atoms with Gasteiger partial charge >= 0.3 is 0 Å². The minimum absolute atomic E-state index is 0.0159. The second-order valence-electron chi connectivity index (χ2n) is 7.40. The number of halogens is 1. The quantitative estimate of drug-likeness (QED) is 0.814. The summed E-state index contributed by atoms with van der Waals surface area (Å²) in [6, 6.07) is 4.58. The van der Waals surface area contributed by atoms with Crippen LogP contribution in [0.1, 0.15) is 23.2 Å². The third-order valence-electron chi connectivity index (χ3n) is 5.62. The maximum Gasteiger partial charge on any atom is 0.255 e. The molecule has 0 aliphatic carbocycles. The lowest BCUT2D eigenvalue weighted by Crippen LogP contribution is -2.72. The fraction of sp³-hybridized carbons (Fsp3) is 0.474. The molecular weight excluding hydrogens is 349 g/mol. The number of rotatable bonds is 4. The third kappa shape index (κ3) is 3.49. The highest BCUT2D eigenvalue weighted by molar-refractivity contribution is 5.94. The monoisotopic (exact) mass is 371 g/mol. The van der Waals surface area contributed by atoms with E-state index in [1.54, 1.807) is 12.1 Å². The third-order valence-corrected chi connectivity index (χ3v) is 5.62. The molecule has 4 heterocycles. The number of aromatic nitrogens is 3. The molecule has 0 saturated carbocycles. The Morgan fingerprint density at radius 1 is 1.33 bits per heavy atom. The molecule has 27 heavy (non-hydrogen) atoms. The van der Waals surface area contributed by atoms with Crippen LogP contribution in [0.2, 0.25) is 0 Å². The SMILES string of the molecule is CN1CCC(COc2ncccc2F)CC12CN(C(=O)c1ccnnc1)C2. The van der Waals surface area contributed by atoms with E-state index in [1.807, 2.05) is 4.90 Å². The summed E-state index contributed by atoms with van der Waals surface area (Å²) in [7, 11) is 2.10. The summed E-state index contributed by atoms with van der Waals surface area (Å²) >= 11 is 0. The highest BCUT2D eigenvalue weighted by Gasteiger charge is 2.51. The van der Waals surface area contributed by atoms with Crippen molar-refractivity contribution in [2.75, 3.05) is 33.3 Å². The van der Waals surface area contributed by atoms with E-state index in [0.29, 0.717) is 31.2 Å². The average Bonchev–Trinajstić information content (AvgIpc) is 2.67. The Bertz CT molecular complexity index is 813. The maximum absolute atomic E-state index is 13.7. The zero-order valence-electron chi connectivity index (χ0n) is 15.2. The van der Waals surface area contributed by atoms with Gasteiger partial charge in [-0.2, -0.15) is 10.2 Å². The van der Waals surface area contributed by atoms with Crippen molar-refractivity contribution in [3.63, 3.8) is 0 Å². The number of pyridine rings is 1. The molecule has 0 aromatic carbocycles. The van der Waals surface area contributed by atoms with Gasteiger partial charge in [-0.25, -0.2) is 9.37 Å². The number of ether oxygens (including phenoxy) is 1. The van der Waals surface area contributed by atoms with Crippen molar-refractivity contribution in [3.8, 4) is 5.88 Å². The molecule has 2 aromatic rings. The van der Waals surface area contributed by atoms with Crippen molar-refractivity contribution in [3.05, 3.63) is 48.2 Å². The number of carbonyl (C=O) groups is 1. The number of piperidine rings is 1. The first kappa shape index (κ1) is 17.8. The van der Waals surface area contributed by atoms with Crippen molar-refractivity contribution >= 4 is 5.91 Å². The van der Waals surface area contributed by atoms with Gasteiger partial charge in [-0.15, -0.1) is 0 Å². The Hall–Kier alpha value is -2.61. The predicted molar refractivity (Wildman–Crippen MR) is 95.7 cm³/mol. The second kappa shape index (κ2) is 7.19. The summed E-state index contributed by atoms with van der Waals surface area (Å²) in [5.41, 5.74) is 0.522. The Morgan fingerprint density at radius 2 is 2.19 bits per heavy atom. The first-order valence-corrected chi connectivity index (χ1v) is 9.08. The van der Waals surface area contributed by atoms with E-state index in [1.165, 1.54) is 24.7 Å². The van der Waals surface area contributed by atoms with Crippen LogP contribution in [0.5, 0.6) is 5.88 Å². The van der Waals surface area contributed by atoms with Crippen LogP contribution >= 0.6 is 0 Å². The minimum Gasteiger partial charge on any atom is -0.475 e. The summed E-state index contributed by atoms with van der Waals surface area (Å²) in [4.78, 5) is 20.7. The van der Waals surface area contributed by atoms with Crippen LogP contribution in [-0.2, 0) is 0 Å². The predicted octanol–water partition coefficient (Wildman–Crippen LogP) is 1.63. The van der Waals surface area contributed by atoms with Crippen molar-refractivity contribution in [1.29, 1.82) is 0 Å². The molecule has 2 aromatic heterocycles. The van der Waals surface area contributed by atoms with Crippen LogP contribution in [0.25, 0.3) is 0 Å². The molecule has 0 bridgehead atoms. The summed E-state index contributed by atoms with van der Waals surface area (Å²) < 4.78 is 19.3. The molecule has 142 valence electrons. The Labute approximate surface area is 157 Å². The van der Waals surface area contributed by atoms with Crippen LogP contribution < -0.4 is 4.74 Å². The first-order valence-electron chi connectivity index (χ1n) is 9.08. The molecule has 2 aliphatic rings. The smallest absolute Gasteiger partial charge is 0.255 e. The molecule has 2 saturated heterocycles. The van der Waals surface area contributed by atoms with Crippen molar-refractivity contribution in [2.24, 2.45) is 5.92 Å². The highest BCUT2D eigenvalue weighted by atomic mass is 19.1. The van der Waals surface area contributed by atoms with Crippen molar-refractivity contribution in [1.82, 2.24) is 25.0 Å². The Balaban J connectivity index is 1.36. The molecule has 2 aliphatic heterocycles. The van der Waals surface area contributed by atoms with E-state index in [2.05, 4.69) is 27.1 Å². The van der Waals surface area contributed by atoms with Crippen molar-refractivity contribution in [2.45, 2.75) is 18.4 Å². The van der Waals surface area contributed by atoms with Gasteiger partial charge in [-0.1, -0.05) is 0 Å². The number of likely N-dealkylation sites (N-methyl/N-ethyl adjacent to an activating group) is 1. The topological polar surface area (TPSA) is 71.5 Å². The summed E-state index contributed by atoms with van der Waals surface area (Å²) in [6.45, 7) is 2.72. The summed E-state index contributed by atoms with van der Waals surface area (Å²) in [5.74, 6) is -0.0899. The molecule has 0 N–H and O–H groups in total. The normalized spacial score (nSPS) is 21.7.